The van der Waals surface area contributed by atoms with Gasteiger partial charge >= 0.3 is 0 Å². The van der Waals surface area contributed by atoms with Crippen molar-refractivity contribution in [1.29, 1.82) is 0 Å². The molecule has 0 saturated carbocycles. The summed E-state index contributed by atoms with van der Waals surface area (Å²) in [4.78, 5) is 39.4. The second-order valence-corrected chi connectivity index (χ2v) is 10.1. The number of hydrogen-bond acceptors (Lipinski definition) is 5. The molecule has 0 aromatic heterocycles. The number of rotatable bonds is 10. The average Bonchev–Trinajstić information content (AvgIpc) is 3.37. The summed E-state index contributed by atoms with van der Waals surface area (Å²) in [5.74, 6) is -0.228. The van der Waals surface area contributed by atoms with E-state index >= 15 is 0 Å². The topological polar surface area (TPSA) is 114 Å². The number of nitrogens with zero attached hydrogens (tertiary/aromatic N) is 1. The SMILES string of the molecule is Nc1ccccc1NC(=O)c1ccc(COc2ccc(CNC(=O)[C@@H]3CCC(=O)N3Cc3ccc(F)cc3)cc2)cc1. The molecule has 8 nitrogen and oxygen atoms in total. The van der Waals surface area contributed by atoms with Crippen LogP contribution in [0.25, 0.3) is 0 Å². The van der Waals surface area contributed by atoms with Crippen molar-refractivity contribution in [2.45, 2.75) is 38.6 Å². The van der Waals surface area contributed by atoms with Gasteiger partial charge in [-0.05, 0) is 71.6 Å². The fourth-order valence-electron chi connectivity index (χ4n) is 4.73. The molecule has 9 heteroatoms. The fourth-order valence-corrected chi connectivity index (χ4v) is 4.73. The maximum absolute atomic E-state index is 13.2. The molecule has 1 atom stereocenters. The third kappa shape index (κ3) is 7.11. The van der Waals surface area contributed by atoms with Gasteiger partial charge in [0.25, 0.3) is 5.91 Å². The zero-order valence-corrected chi connectivity index (χ0v) is 22.9. The highest BCUT2D eigenvalue weighted by atomic mass is 19.1. The average molecular weight is 567 g/mol. The van der Waals surface area contributed by atoms with Crippen LogP contribution in [-0.2, 0) is 29.3 Å². The molecule has 4 N–H and O–H groups in total. The second-order valence-electron chi connectivity index (χ2n) is 10.1. The Morgan fingerprint density at radius 1 is 0.881 bits per heavy atom. The monoisotopic (exact) mass is 566 g/mol. The number of halogens is 1. The van der Waals surface area contributed by atoms with Crippen LogP contribution < -0.4 is 21.1 Å². The van der Waals surface area contributed by atoms with E-state index in [4.69, 9.17) is 10.5 Å². The number of nitrogen functional groups attached to an aromatic ring is 1. The highest BCUT2D eigenvalue weighted by Crippen LogP contribution is 2.23. The van der Waals surface area contributed by atoms with Crippen LogP contribution in [0.15, 0.2) is 97.1 Å². The molecule has 0 bridgehead atoms. The molecule has 0 radical (unpaired) electrons. The molecule has 42 heavy (non-hydrogen) atoms. The Bertz CT molecular complexity index is 1560. The Morgan fingerprint density at radius 3 is 2.26 bits per heavy atom. The van der Waals surface area contributed by atoms with Gasteiger partial charge in [0.15, 0.2) is 0 Å². The van der Waals surface area contributed by atoms with Crippen LogP contribution in [0.1, 0.15) is 39.9 Å². The quantitative estimate of drug-likeness (QED) is 0.233. The second kappa shape index (κ2) is 13.0. The lowest BCUT2D eigenvalue weighted by atomic mass is 10.1. The first kappa shape index (κ1) is 28.4. The van der Waals surface area contributed by atoms with Gasteiger partial charge in [0.05, 0.1) is 11.4 Å². The summed E-state index contributed by atoms with van der Waals surface area (Å²) < 4.78 is 19.1. The van der Waals surface area contributed by atoms with Crippen molar-refractivity contribution in [2.24, 2.45) is 0 Å². The van der Waals surface area contributed by atoms with Crippen LogP contribution in [-0.4, -0.2) is 28.7 Å². The van der Waals surface area contributed by atoms with Gasteiger partial charge in [0, 0.05) is 25.1 Å². The number of likely N-dealkylation sites (tertiary alicyclic amines) is 1. The van der Waals surface area contributed by atoms with E-state index < -0.39 is 6.04 Å². The van der Waals surface area contributed by atoms with E-state index in [9.17, 15) is 18.8 Å². The molecule has 1 aliphatic rings. The van der Waals surface area contributed by atoms with Crippen molar-refractivity contribution in [3.05, 3.63) is 125 Å². The summed E-state index contributed by atoms with van der Waals surface area (Å²) in [7, 11) is 0. The molecule has 1 fully saturated rings. The van der Waals surface area contributed by atoms with Gasteiger partial charge in [0.1, 0.15) is 24.2 Å². The molecular weight excluding hydrogens is 535 g/mol. The maximum Gasteiger partial charge on any atom is 0.255 e. The zero-order valence-electron chi connectivity index (χ0n) is 22.9. The number of nitrogens with one attached hydrogen (secondary N) is 2. The summed E-state index contributed by atoms with van der Waals surface area (Å²) in [6.45, 7) is 0.900. The number of para-hydroxylation sites is 2. The van der Waals surface area contributed by atoms with Crippen LogP contribution in [0.3, 0.4) is 0 Å². The van der Waals surface area contributed by atoms with Crippen molar-refractivity contribution in [3.63, 3.8) is 0 Å². The predicted molar refractivity (Wildman–Crippen MR) is 158 cm³/mol. The van der Waals surface area contributed by atoms with E-state index in [2.05, 4.69) is 10.6 Å². The summed E-state index contributed by atoms with van der Waals surface area (Å²) >= 11 is 0. The van der Waals surface area contributed by atoms with Gasteiger partial charge in [-0.2, -0.15) is 0 Å². The van der Waals surface area contributed by atoms with Gasteiger partial charge in [-0.1, -0.05) is 48.5 Å². The molecule has 214 valence electrons. The Hall–Kier alpha value is -5.18. The number of nitrogens with two attached hydrogens (primary N) is 1. The summed E-state index contributed by atoms with van der Waals surface area (Å²) in [5.41, 5.74) is 10.0. The van der Waals surface area contributed by atoms with Crippen molar-refractivity contribution in [2.75, 3.05) is 11.1 Å². The maximum atomic E-state index is 13.2. The van der Waals surface area contributed by atoms with Gasteiger partial charge in [0.2, 0.25) is 11.8 Å². The molecule has 1 saturated heterocycles. The molecule has 0 spiro atoms. The highest BCUT2D eigenvalue weighted by Gasteiger charge is 2.35. The zero-order chi connectivity index (χ0) is 29.5. The molecule has 4 aromatic rings. The van der Waals surface area contributed by atoms with Crippen LogP contribution in [0.2, 0.25) is 0 Å². The third-order valence-corrected chi connectivity index (χ3v) is 7.12. The molecule has 1 aliphatic heterocycles. The Kier molecular flexibility index (Phi) is 8.77. The van der Waals surface area contributed by atoms with Gasteiger partial charge in [-0.3, -0.25) is 14.4 Å². The molecule has 5 rings (SSSR count). The number of benzene rings is 4. The smallest absolute Gasteiger partial charge is 0.255 e. The Labute approximate surface area is 243 Å². The largest absolute Gasteiger partial charge is 0.489 e. The molecule has 1 heterocycles. The lowest BCUT2D eigenvalue weighted by Gasteiger charge is -2.24. The molecule has 3 amide bonds. The number of carbonyl (C=O) groups is 3. The first-order chi connectivity index (χ1) is 20.4. The first-order valence-electron chi connectivity index (χ1n) is 13.6. The van der Waals surface area contributed by atoms with Crippen molar-refractivity contribution >= 4 is 29.1 Å². The van der Waals surface area contributed by atoms with Crippen molar-refractivity contribution in [3.8, 4) is 5.75 Å². The number of ether oxygens (including phenoxy) is 1. The van der Waals surface area contributed by atoms with Crippen LogP contribution in [0.5, 0.6) is 5.75 Å². The minimum absolute atomic E-state index is 0.0868. The van der Waals surface area contributed by atoms with E-state index in [0.29, 0.717) is 48.7 Å². The van der Waals surface area contributed by atoms with E-state index in [1.807, 2.05) is 36.4 Å². The molecular formula is C33H31FN4O4. The molecule has 0 unspecified atom stereocenters. The predicted octanol–water partition coefficient (Wildman–Crippen LogP) is 5.05. The molecule has 4 aromatic carbocycles. The van der Waals surface area contributed by atoms with Crippen LogP contribution >= 0.6 is 0 Å². The first-order valence-corrected chi connectivity index (χ1v) is 13.6. The van der Waals surface area contributed by atoms with Crippen LogP contribution in [0.4, 0.5) is 15.8 Å². The minimum atomic E-state index is -0.556. The lowest BCUT2D eigenvalue weighted by Crippen LogP contribution is -2.44. The standard InChI is InChI=1S/C33H31FN4O4/c34-26-13-7-23(8-14-26)20-38-30(17-18-31(38)39)33(41)36-19-22-9-15-27(16-10-22)42-21-24-5-11-25(12-6-24)32(40)37-29-4-2-1-3-28(29)35/h1-16,30H,17-21,35H2,(H,36,41)(H,37,40)/t30-/m0/s1. The van der Waals surface area contributed by atoms with Gasteiger partial charge in [-0.15, -0.1) is 0 Å². The lowest BCUT2D eigenvalue weighted by molar-refractivity contribution is -0.135. The molecule has 0 aliphatic carbocycles. The fraction of sp³-hybridized carbons (Fsp3) is 0.182. The Morgan fingerprint density at radius 2 is 1.55 bits per heavy atom. The third-order valence-electron chi connectivity index (χ3n) is 7.12. The highest BCUT2D eigenvalue weighted by molar-refractivity contribution is 6.05. The van der Waals surface area contributed by atoms with Crippen molar-refractivity contribution in [1.82, 2.24) is 10.2 Å². The number of anilines is 2. The number of amides is 3. The summed E-state index contributed by atoms with van der Waals surface area (Å²) in [6, 6.07) is 27.0. The van der Waals surface area contributed by atoms with Gasteiger partial charge < -0.3 is 26.0 Å². The van der Waals surface area contributed by atoms with E-state index in [0.717, 1.165) is 16.7 Å². The number of hydrogen-bond donors (Lipinski definition) is 3. The Balaban J connectivity index is 1.08. The van der Waals surface area contributed by atoms with E-state index in [1.165, 1.54) is 12.1 Å². The number of carbonyl (C=O) groups excluding carboxylic acids is 3. The summed E-state index contributed by atoms with van der Waals surface area (Å²) in [5, 5.41) is 5.73. The minimum Gasteiger partial charge on any atom is -0.489 e. The van der Waals surface area contributed by atoms with E-state index in [-0.39, 0.29) is 30.1 Å². The van der Waals surface area contributed by atoms with Gasteiger partial charge in [-0.25, -0.2) is 4.39 Å². The van der Waals surface area contributed by atoms with E-state index in [1.54, 1.807) is 53.4 Å². The normalized spacial score (nSPS) is 14.5. The van der Waals surface area contributed by atoms with Crippen LogP contribution in [0, 0.1) is 5.82 Å². The van der Waals surface area contributed by atoms with Crippen molar-refractivity contribution < 1.29 is 23.5 Å². The summed E-state index contributed by atoms with van der Waals surface area (Å²) in [6.07, 6.45) is 0.760.